The maximum absolute atomic E-state index is 9.52. The Balaban J connectivity index is 3.15. The lowest BCUT2D eigenvalue weighted by atomic mass is 10.6. The summed E-state index contributed by atoms with van der Waals surface area (Å²) in [5, 5.41) is 0.882. The van der Waals surface area contributed by atoms with Crippen molar-refractivity contribution in [1.29, 1.82) is 0 Å². The highest BCUT2D eigenvalue weighted by molar-refractivity contribution is 5.46. The number of rotatable bonds is 3. The van der Waals surface area contributed by atoms with Gasteiger partial charge < -0.3 is 0 Å². The molecule has 3 heteroatoms. The fourth-order valence-electron chi connectivity index (χ4n) is 0.176. The Morgan fingerprint density at radius 3 is 2.71 bits per heavy atom. The summed E-state index contributed by atoms with van der Waals surface area (Å²) in [6.07, 6.45) is 2.97. The molecule has 0 saturated heterocycles. The number of hydrazine groups is 1. The molecule has 0 spiro atoms. The zero-order chi connectivity index (χ0) is 5.70. The molecule has 0 aromatic carbocycles. The fourth-order valence-corrected chi connectivity index (χ4v) is 0.176. The first-order valence-corrected chi connectivity index (χ1v) is 1.82. The maximum Gasteiger partial charge on any atom is 0.327 e. The van der Waals surface area contributed by atoms with Crippen LogP contribution in [0, 0.1) is 0 Å². The van der Waals surface area contributed by atoms with Crippen molar-refractivity contribution in [1.82, 2.24) is 5.01 Å². The van der Waals surface area contributed by atoms with Gasteiger partial charge in [0, 0.05) is 0 Å². The van der Waals surface area contributed by atoms with E-state index in [-0.39, 0.29) is 0 Å². The monoisotopic (exact) mass is 99.1 g/mol. The average molecular weight is 99.1 g/mol. The number of nitrogens with zero attached hydrogens (tertiary/aromatic N) is 1. The molecule has 0 saturated carbocycles. The first-order chi connectivity index (χ1) is 3.31. The van der Waals surface area contributed by atoms with Gasteiger partial charge in [-0.3, -0.25) is 9.80 Å². The molecular weight excluding hydrogens is 92.1 g/mol. The summed E-state index contributed by atoms with van der Waals surface area (Å²) >= 11 is 0. The van der Waals surface area contributed by atoms with Crippen molar-refractivity contribution < 1.29 is 4.79 Å². The first-order valence-electron chi connectivity index (χ1n) is 1.82. The van der Waals surface area contributed by atoms with E-state index in [1.165, 1.54) is 12.5 Å². The zero-order valence-corrected chi connectivity index (χ0v) is 3.92. The lowest BCUT2D eigenvalue weighted by Gasteiger charge is -2.01. The van der Waals surface area contributed by atoms with Gasteiger partial charge in [0.2, 0.25) is 0 Å². The van der Waals surface area contributed by atoms with Crippen LogP contribution in [0.25, 0.3) is 0 Å². The lowest BCUT2D eigenvalue weighted by molar-refractivity contribution is 0.423. The molecule has 1 radical (unpaired) electrons. The summed E-state index contributed by atoms with van der Waals surface area (Å²) in [5.74, 6) is 4.92. The molecule has 0 aliphatic rings. The number of amides is 1. The molecule has 0 fully saturated rings. The molecule has 0 aromatic rings. The summed E-state index contributed by atoms with van der Waals surface area (Å²) in [4.78, 5) is 9.52. The molecule has 39 valence electrons. The van der Waals surface area contributed by atoms with E-state index in [0.717, 1.165) is 5.01 Å². The second-order valence-electron chi connectivity index (χ2n) is 1.03. The van der Waals surface area contributed by atoms with E-state index in [1.807, 2.05) is 0 Å². The minimum atomic E-state index is 0.351. The minimum Gasteiger partial charge on any atom is -0.268 e. The van der Waals surface area contributed by atoms with Crippen LogP contribution in [0.15, 0.2) is 12.7 Å². The molecule has 0 atom stereocenters. The van der Waals surface area contributed by atoms with Gasteiger partial charge in [0.1, 0.15) is 0 Å². The molecular formula is C4H7N2O. The van der Waals surface area contributed by atoms with E-state index in [4.69, 9.17) is 5.84 Å². The first kappa shape index (κ1) is 6.17. The minimum absolute atomic E-state index is 0.351. The number of carbonyl (C=O) groups excluding carboxylic acids is 1. The van der Waals surface area contributed by atoms with Gasteiger partial charge in [0.05, 0.1) is 6.54 Å². The van der Waals surface area contributed by atoms with Crippen molar-refractivity contribution in [2.75, 3.05) is 6.54 Å². The average Bonchev–Trinajstić information content (AvgIpc) is 1.68. The number of hydrogen-bond acceptors (Lipinski definition) is 2. The van der Waals surface area contributed by atoms with E-state index < -0.39 is 0 Å². The van der Waals surface area contributed by atoms with Gasteiger partial charge in [-0.15, -0.1) is 6.58 Å². The van der Waals surface area contributed by atoms with Gasteiger partial charge in [-0.25, -0.2) is 5.84 Å². The summed E-state index contributed by atoms with van der Waals surface area (Å²) in [7, 11) is 0. The highest BCUT2D eigenvalue weighted by atomic mass is 16.1. The SMILES string of the molecule is C=CCN(N)[C]=O. The van der Waals surface area contributed by atoms with Crippen molar-refractivity contribution in [3.8, 4) is 0 Å². The number of nitrogens with two attached hydrogens (primary N) is 1. The summed E-state index contributed by atoms with van der Waals surface area (Å²) in [6, 6.07) is 0. The predicted octanol–water partition coefficient (Wildman–Crippen LogP) is -0.585. The Labute approximate surface area is 42.4 Å². The van der Waals surface area contributed by atoms with Crippen LogP contribution in [0.2, 0.25) is 0 Å². The van der Waals surface area contributed by atoms with Crippen molar-refractivity contribution in [3.63, 3.8) is 0 Å². The second-order valence-corrected chi connectivity index (χ2v) is 1.03. The molecule has 2 N–H and O–H groups in total. The zero-order valence-electron chi connectivity index (χ0n) is 3.92. The van der Waals surface area contributed by atoms with E-state index in [1.54, 1.807) is 0 Å². The fraction of sp³-hybridized carbons (Fsp3) is 0.250. The second kappa shape index (κ2) is 3.36. The summed E-state index contributed by atoms with van der Waals surface area (Å²) < 4.78 is 0. The third-order valence-corrected chi connectivity index (χ3v) is 0.443. The highest BCUT2D eigenvalue weighted by Gasteiger charge is 1.84. The van der Waals surface area contributed by atoms with Crippen LogP contribution in [0.5, 0.6) is 0 Å². The third-order valence-electron chi connectivity index (χ3n) is 0.443. The number of hydrogen-bond donors (Lipinski definition) is 1. The molecule has 0 unspecified atom stereocenters. The largest absolute Gasteiger partial charge is 0.327 e. The standard InChI is InChI=1S/C4H7N2O/c1-2-3-6(5)4-7/h2H,1,3,5H2. The third kappa shape index (κ3) is 2.99. The van der Waals surface area contributed by atoms with Gasteiger partial charge in [-0.2, -0.15) is 0 Å². The normalized spacial score (nSPS) is 7.57. The van der Waals surface area contributed by atoms with E-state index in [2.05, 4.69) is 6.58 Å². The van der Waals surface area contributed by atoms with Gasteiger partial charge in [-0.1, -0.05) is 6.08 Å². The molecule has 0 heterocycles. The Morgan fingerprint density at radius 1 is 2.00 bits per heavy atom. The Bertz CT molecular complexity index is 72.1. The van der Waals surface area contributed by atoms with Crippen LogP contribution < -0.4 is 5.84 Å². The molecule has 0 aliphatic heterocycles. The van der Waals surface area contributed by atoms with E-state index >= 15 is 0 Å². The summed E-state index contributed by atoms with van der Waals surface area (Å²) in [6.45, 7) is 3.70. The van der Waals surface area contributed by atoms with Crippen molar-refractivity contribution in [2.45, 2.75) is 0 Å². The van der Waals surface area contributed by atoms with E-state index in [0.29, 0.717) is 6.54 Å². The topological polar surface area (TPSA) is 46.3 Å². The van der Waals surface area contributed by atoms with Gasteiger partial charge in [0.25, 0.3) is 0 Å². The van der Waals surface area contributed by atoms with Crippen molar-refractivity contribution in [2.24, 2.45) is 5.84 Å². The van der Waals surface area contributed by atoms with Gasteiger partial charge >= 0.3 is 6.41 Å². The molecule has 7 heavy (non-hydrogen) atoms. The molecule has 0 bridgehead atoms. The van der Waals surface area contributed by atoms with Crippen molar-refractivity contribution in [3.05, 3.63) is 12.7 Å². The van der Waals surface area contributed by atoms with Crippen LogP contribution in [0.1, 0.15) is 0 Å². The highest BCUT2D eigenvalue weighted by Crippen LogP contribution is 1.66. The molecule has 0 rings (SSSR count). The lowest BCUT2D eigenvalue weighted by Crippen LogP contribution is -2.28. The molecule has 0 aromatic heterocycles. The van der Waals surface area contributed by atoms with E-state index in [9.17, 15) is 4.79 Å². The van der Waals surface area contributed by atoms with Crippen LogP contribution in [0.4, 0.5) is 0 Å². The van der Waals surface area contributed by atoms with Crippen LogP contribution >= 0.6 is 0 Å². The predicted molar refractivity (Wildman–Crippen MR) is 26.8 cm³/mol. The quantitative estimate of drug-likeness (QED) is 0.169. The molecule has 3 nitrogen and oxygen atoms in total. The smallest absolute Gasteiger partial charge is 0.268 e. The van der Waals surface area contributed by atoms with Crippen LogP contribution in [0.3, 0.4) is 0 Å². The Hall–Kier alpha value is -0.830. The van der Waals surface area contributed by atoms with Crippen LogP contribution in [-0.4, -0.2) is 18.0 Å². The van der Waals surface area contributed by atoms with Crippen molar-refractivity contribution >= 4 is 6.41 Å². The Morgan fingerprint density at radius 2 is 2.57 bits per heavy atom. The maximum atomic E-state index is 9.52. The molecule has 1 amide bonds. The molecule has 0 aliphatic carbocycles. The van der Waals surface area contributed by atoms with Gasteiger partial charge in [-0.05, 0) is 0 Å². The Kier molecular flexibility index (Phi) is 2.96. The van der Waals surface area contributed by atoms with Crippen LogP contribution in [-0.2, 0) is 4.79 Å². The van der Waals surface area contributed by atoms with Gasteiger partial charge in [0.15, 0.2) is 0 Å². The summed E-state index contributed by atoms with van der Waals surface area (Å²) in [5.41, 5.74) is 0.